The molecule has 1 aliphatic rings. The van der Waals surface area contributed by atoms with Gasteiger partial charge in [-0.25, -0.2) is 4.79 Å². The number of hydrogen-bond donors (Lipinski definition) is 1. The first-order chi connectivity index (χ1) is 8.42. The van der Waals surface area contributed by atoms with Crippen molar-refractivity contribution in [1.29, 1.82) is 0 Å². The summed E-state index contributed by atoms with van der Waals surface area (Å²) in [6.07, 6.45) is 0.780. The lowest BCUT2D eigenvalue weighted by Gasteiger charge is -2.29. The molecule has 1 unspecified atom stereocenters. The van der Waals surface area contributed by atoms with Crippen molar-refractivity contribution in [2.24, 2.45) is 5.92 Å². The molecule has 3 nitrogen and oxygen atoms in total. The van der Waals surface area contributed by atoms with Gasteiger partial charge in [0.2, 0.25) is 0 Å². The number of nitrogens with one attached hydrogen (secondary N) is 1. The van der Waals surface area contributed by atoms with Gasteiger partial charge in [-0.3, -0.25) is 0 Å². The number of hydrogen-bond acceptors (Lipinski definition) is 2. The fourth-order valence-electron chi connectivity index (χ4n) is 2.43. The van der Waals surface area contributed by atoms with Crippen molar-refractivity contribution in [2.45, 2.75) is 57.7 Å². The van der Waals surface area contributed by atoms with Crippen LogP contribution in [0, 0.1) is 5.92 Å². The van der Waals surface area contributed by atoms with Crippen LogP contribution in [0.4, 0.5) is 18.0 Å². The van der Waals surface area contributed by atoms with E-state index in [1.807, 2.05) is 6.92 Å². The Kier molecular flexibility index (Phi) is 5.75. The summed E-state index contributed by atoms with van der Waals surface area (Å²) >= 11 is 0. The Labute approximate surface area is 105 Å². The minimum Gasteiger partial charge on any atom is -0.440 e. The van der Waals surface area contributed by atoms with Gasteiger partial charge in [0.25, 0.3) is 0 Å². The lowest BCUT2D eigenvalue weighted by molar-refractivity contribution is -0.160. The molecule has 0 aliphatic heterocycles. The van der Waals surface area contributed by atoms with Crippen LogP contribution in [0.1, 0.15) is 45.4 Å². The maximum Gasteiger partial charge on any atom is 0.422 e. The molecule has 1 amide bonds. The predicted octanol–water partition coefficient (Wildman–Crippen LogP) is 3.63. The highest BCUT2D eigenvalue weighted by Crippen LogP contribution is 2.27. The van der Waals surface area contributed by atoms with Gasteiger partial charge in [0, 0.05) is 6.04 Å². The van der Waals surface area contributed by atoms with E-state index in [9.17, 15) is 18.0 Å². The van der Waals surface area contributed by atoms with Gasteiger partial charge in [-0.05, 0) is 25.2 Å². The summed E-state index contributed by atoms with van der Waals surface area (Å²) in [6, 6.07) is -0.0777. The highest BCUT2D eigenvalue weighted by molar-refractivity contribution is 5.67. The minimum absolute atomic E-state index is 0.0777. The first-order valence-corrected chi connectivity index (χ1v) is 6.42. The van der Waals surface area contributed by atoms with Crippen molar-refractivity contribution in [2.75, 3.05) is 6.61 Å². The Balaban J connectivity index is 2.35. The van der Waals surface area contributed by atoms with E-state index in [1.54, 1.807) is 0 Å². The number of ether oxygens (including phenoxy) is 1. The summed E-state index contributed by atoms with van der Waals surface area (Å²) < 4.78 is 39.8. The summed E-state index contributed by atoms with van der Waals surface area (Å²) in [7, 11) is 0. The molecule has 1 N–H and O–H groups in total. The van der Waals surface area contributed by atoms with Gasteiger partial charge in [0.15, 0.2) is 6.61 Å². The van der Waals surface area contributed by atoms with Crippen molar-refractivity contribution < 1.29 is 22.7 Å². The molecule has 18 heavy (non-hydrogen) atoms. The first-order valence-electron chi connectivity index (χ1n) is 6.42. The molecule has 0 bridgehead atoms. The smallest absolute Gasteiger partial charge is 0.422 e. The maximum atomic E-state index is 11.9. The molecule has 0 aromatic rings. The Morgan fingerprint density at radius 1 is 1.33 bits per heavy atom. The molecule has 0 radical (unpaired) electrons. The van der Waals surface area contributed by atoms with E-state index in [0.29, 0.717) is 12.3 Å². The van der Waals surface area contributed by atoms with E-state index in [4.69, 9.17) is 0 Å². The Hall–Kier alpha value is -0.940. The average molecular weight is 267 g/mol. The molecule has 106 valence electrons. The number of alkyl carbamates (subject to hydrolysis) is 1. The zero-order valence-electron chi connectivity index (χ0n) is 10.6. The van der Waals surface area contributed by atoms with Crippen molar-refractivity contribution in [3.8, 4) is 0 Å². The first kappa shape index (κ1) is 15.1. The molecule has 1 rings (SSSR count). The maximum absolute atomic E-state index is 11.9. The monoisotopic (exact) mass is 267 g/mol. The van der Waals surface area contributed by atoms with Crippen LogP contribution in [-0.2, 0) is 4.74 Å². The highest BCUT2D eigenvalue weighted by Gasteiger charge is 2.30. The van der Waals surface area contributed by atoms with Crippen LogP contribution < -0.4 is 5.32 Å². The summed E-state index contributed by atoms with van der Waals surface area (Å²) in [4.78, 5) is 11.3. The second-order valence-electron chi connectivity index (χ2n) is 4.75. The lowest BCUT2D eigenvalue weighted by Crippen LogP contribution is -2.41. The Morgan fingerprint density at radius 2 is 1.94 bits per heavy atom. The van der Waals surface area contributed by atoms with Crippen LogP contribution in [0.5, 0.6) is 0 Å². The SMILES string of the molecule is CCC(NC(=O)OCC(F)(F)F)C1CCCCC1. The minimum atomic E-state index is -4.47. The normalized spacial score (nSPS) is 19.3. The number of carbonyl (C=O) groups excluding carboxylic acids is 1. The molecule has 6 heteroatoms. The van der Waals surface area contributed by atoms with Crippen LogP contribution in [0.2, 0.25) is 0 Å². The fourth-order valence-corrected chi connectivity index (χ4v) is 2.43. The van der Waals surface area contributed by atoms with E-state index in [-0.39, 0.29) is 6.04 Å². The van der Waals surface area contributed by atoms with Crippen molar-refractivity contribution in [3.05, 3.63) is 0 Å². The van der Waals surface area contributed by atoms with Crippen LogP contribution in [-0.4, -0.2) is 24.9 Å². The number of amides is 1. The molecular formula is C12H20F3NO2. The number of alkyl halides is 3. The molecule has 1 aliphatic carbocycles. The molecule has 0 saturated heterocycles. The van der Waals surface area contributed by atoms with E-state index in [2.05, 4.69) is 10.1 Å². The standard InChI is InChI=1S/C12H20F3NO2/c1-2-10(9-6-4-3-5-7-9)16-11(17)18-8-12(13,14)15/h9-10H,2-8H2,1H3,(H,16,17). The fraction of sp³-hybridized carbons (Fsp3) is 0.917. The molecule has 1 saturated carbocycles. The second-order valence-corrected chi connectivity index (χ2v) is 4.75. The zero-order chi connectivity index (χ0) is 13.6. The zero-order valence-corrected chi connectivity index (χ0v) is 10.6. The third-order valence-electron chi connectivity index (χ3n) is 3.33. The van der Waals surface area contributed by atoms with Gasteiger partial charge in [-0.2, -0.15) is 13.2 Å². The third kappa shape index (κ3) is 5.60. The second kappa shape index (κ2) is 6.85. The summed E-state index contributed by atoms with van der Waals surface area (Å²) in [5.41, 5.74) is 0. The number of halogens is 3. The van der Waals surface area contributed by atoms with Gasteiger partial charge in [-0.15, -0.1) is 0 Å². The van der Waals surface area contributed by atoms with Gasteiger partial charge in [-0.1, -0.05) is 26.2 Å². The van der Waals surface area contributed by atoms with Crippen LogP contribution in [0.3, 0.4) is 0 Å². The molecule has 0 aromatic carbocycles. The van der Waals surface area contributed by atoms with Crippen LogP contribution in [0.25, 0.3) is 0 Å². The molecular weight excluding hydrogens is 247 g/mol. The van der Waals surface area contributed by atoms with E-state index >= 15 is 0 Å². The van der Waals surface area contributed by atoms with E-state index in [1.165, 1.54) is 6.42 Å². The highest BCUT2D eigenvalue weighted by atomic mass is 19.4. The van der Waals surface area contributed by atoms with Gasteiger partial charge in [0.05, 0.1) is 0 Å². The van der Waals surface area contributed by atoms with Crippen LogP contribution in [0.15, 0.2) is 0 Å². The molecule has 0 heterocycles. The molecule has 1 atom stereocenters. The molecule has 1 fully saturated rings. The van der Waals surface area contributed by atoms with Gasteiger partial charge < -0.3 is 10.1 Å². The molecule has 0 spiro atoms. The molecule has 0 aromatic heterocycles. The lowest BCUT2D eigenvalue weighted by atomic mass is 9.83. The summed E-state index contributed by atoms with van der Waals surface area (Å²) in [5, 5.41) is 2.55. The third-order valence-corrected chi connectivity index (χ3v) is 3.33. The van der Waals surface area contributed by atoms with Crippen molar-refractivity contribution in [1.82, 2.24) is 5.32 Å². The number of carbonyl (C=O) groups is 1. The summed E-state index contributed by atoms with van der Waals surface area (Å²) in [5.74, 6) is 0.363. The van der Waals surface area contributed by atoms with Gasteiger partial charge >= 0.3 is 12.3 Å². The van der Waals surface area contributed by atoms with E-state index in [0.717, 1.165) is 25.7 Å². The largest absolute Gasteiger partial charge is 0.440 e. The quantitative estimate of drug-likeness (QED) is 0.844. The Bertz CT molecular complexity index is 263. The average Bonchev–Trinajstić information content (AvgIpc) is 2.33. The topological polar surface area (TPSA) is 38.3 Å². The van der Waals surface area contributed by atoms with Crippen LogP contribution >= 0.6 is 0 Å². The van der Waals surface area contributed by atoms with E-state index < -0.39 is 18.9 Å². The summed E-state index contributed by atoms with van der Waals surface area (Å²) in [6.45, 7) is 0.392. The predicted molar refractivity (Wildman–Crippen MR) is 61.2 cm³/mol. The van der Waals surface area contributed by atoms with Crippen molar-refractivity contribution >= 4 is 6.09 Å². The van der Waals surface area contributed by atoms with Gasteiger partial charge in [0.1, 0.15) is 0 Å². The van der Waals surface area contributed by atoms with Crippen molar-refractivity contribution in [3.63, 3.8) is 0 Å². The number of rotatable bonds is 4. The Morgan fingerprint density at radius 3 is 2.44 bits per heavy atom.